The molecule has 2 N–H and O–H groups in total. The van der Waals surface area contributed by atoms with Crippen molar-refractivity contribution in [3.8, 4) is 0 Å². The summed E-state index contributed by atoms with van der Waals surface area (Å²) in [5.41, 5.74) is 2.47. The van der Waals surface area contributed by atoms with E-state index in [-0.39, 0.29) is 29.8 Å². The molecule has 42 heavy (non-hydrogen) atoms. The van der Waals surface area contributed by atoms with Gasteiger partial charge in [0.1, 0.15) is 11.4 Å². The van der Waals surface area contributed by atoms with Crippen LogP contribution in [0.15, 0.2) is 53.5 Å². The van der Waals surface area contributed by atoms with Crippen LogP contribution >= 0.6 is 11.6 Å². The molecule has 1 fully saturated rings. The Morgan fingerprint density at radius 3 is 2.40 bits per heavy atom. The number of benzene rings is 2. The van der Waals surface area contributed by atoms with Gasteiger partial charge >= 0.3 is 0 Å². The number of unbranched alkanes of at least 4 members (excludes halogenated alkanes) is 1. The minimum absolute atomic E-state index is 0.0328. The highest BCUT2D eigenvalue weighted by atomic mass is 35.5. The number of carbonyl (C=O) groups excluding carboxylic acids is 2. The van der Waals surface area contributed by atoms with E-state index >= 15 is 0 Å². The van der Waals surface area contributed by atoms with Crippen LogP contribution in [0.2, 0.25) is 5.02 Å². The first-order valence-corrected chi connectivity index (χ1v) is 15.3. The number of hydrogen-bond donors (Lipinski definition) is 2. The van der Waals surface area contributed by atoms with Gasteiger partial charge in [0.05, 0.1) is 12.6 Å². The highest BCUT2D eigenvalue weighted by Gasteiger charge is 2.52. The van der Waals surface area contributed by atoms with Crippen LogP contribution < -0.4 is 5.32 Å². The van der Waals surface area contributed by atoms with Gasteiger partial charge in [-0.15, -0.1) is 10.2 Å². The van der Waals surface area contributed by atoms with Gasteiger partial charge in [-0.1, -0.05) is 81.6 Å². The summed E-state index contributed by atoms with van der Waals surface area (Å²) in [6, 6.07) is 14.9. The Balaban J connectivity index is 1.46. The van der Waals surface area contributed by atoms with Gasteiger partial charge in [-0.3, -0.25) is 14.6 Å². The van der Waals surface area contributed by atoms with E-state index in [1.807, 2.05) is 48.5 Å². The van der Waals surface area contributed by atoms with Crippen molar-refractivity contribution in [1.82, 2.24) is 30.8 Å². The van der Waals surface area contributed by atoms with Crippen LogP contribution in [0.5, 0.6) is 0 Å². The monoisotopic (exact) mass is 589 g/mol. The Morgan fingerprint density at radius 1 is 1.12 bits per heavy atom. The van der Waals surface area contributed by atoms with E-state index in [9.17, 15) is 9.59 Å². The molecule has 1 atom stereocenters. The average Bonchev–Trinajstić information content (AvgIpc) is 3.59. The Hall–Kier alpha value is -3.59. The fourth-order valence-electron chi connectivity index (χ4n) is 6.36. The Bertz CT molecular complexity index is 1400. The molecule has 1 aromatic heterocycles. The molecule has 2 aromatic carbocycles. The molecule has 1 spiro atoms. The van der Waals surface area contributed by atoms with Gasteiger partial charge in [-0.2, -0.15) is 5.21 Å². The summed E-state index contributed by atoms with van der Waals surface area (Å²) in [7, 11) is 0. The summed E-state index contributed by atoms with van der Waals surface area (Å²) in [6.07, 6.45) is 6.50. The summed E-state index contributed by atoms with van der Waals surface area (Å²) >= 11 is 6.18. The predicted molar refractivity (Wildman–Crippen MR) is 163 cm³/mol. The van der Waals surface area contributed by atoms with E-state index in [1.165, 1.54) is 0 Å². The fourth-order valence-corrected chi connectivity index (χ4v) is 6.48. The van der Waals surface area contributed by atoms with Crippen molar-refractivity contribution in [2.75, 3.05) is 0 Å². The van der Waals surface area contributed by atoms with E-state index in [0.717, 1.165) is 56.1 Å². The summed E-state index contributed by atoms with van der Waals surface area (Å²) in [5.74, 6) is 0.734. The zero-order valence-corrected chi connectivity index (χ0v) is 25.6. The number of H-pyrrole nitrogens is 1. The maximum absolute atomic E-state index is 14.4. The first-order chi connectivity index (χ1) is 20.1. The third-order valence-corrected chi connectivity index (χ3v) is 9.07. The Kier molecular flexibility index (Phi) is 8.78. The average molecular weight is 590 g/mol. The van der Waals surface area contributed by atoms with Crippen LogP contribution in [0.25, 0.3) is 0 Å². The maximum atomic E-state index is 14.4. The molecular formula is C32H40ClN7O2. The smallest absolute Gasteiger partial charge is 0.275 e. The second-order valence-corrected chi connectivity index (χ2v) is 13.0. The van der Waals surface area contributed by atoms with Gasteiger partial charge in [-0.05, 0) is 73.3 Å². The number of hydrogen-bond acceptors (Lipinski definition) is 6. The number of nitrogens with zero attached hydrogens (tertiary/aromatic N) is 5. The van der Waals surface area contributed by atoms with Crippen LogP contribution in [0.1, 0.15) is 106 Å². The van der Waals surface area contributed by atoms with E-state index < -0.39 is 5.66 Å². The first-order valence-electron chi connectivity index (χ1n) is 14.9. The van der Waals surface area contributed by atoms with Gasteiger partial charge in [0.2, 0.25) is 0 Å². The first kappa shape index (κ1) is 29.9. The molecule has 10 heteroatoms. The van der Waals surface area contributed by atoms with Gasteiger partial charge in [0, 0.05) is 16.1 Å². The van der Waals surface area contributed by atoms with Crippen molar-refractivity contribution < 1.29 is 9.59 Å². The number of carbonyl (C=O) groups is 2. The zero-order chi connectivity index (χ0) is 29.9. The van der Waals surface area contributed by atoms with Gasteiger partial charge in [-0.25, -0.2) is 0 Å². The molecule has 1 aliphatic carbocycles. The molecule has 5 rings (SSSR count). The summed E-state index contributed by atoms with van der Waals surface area (Å²) in [4.78, 5) is 34.5. The molecule has 0 radical (unpaired) electrons. The lowest BCUT2D eigenvalue weighted by atomic mass is 9.69. The van der Waals surface area contributed by atoms with Crippen LogP contribution in [-0.4, -0.2) is 48.7 Å². The largest absolute Gasteiger partial charge is 0.345 e. The SMILES string of the molecule is CCCC[C@H](c1ccc(C(=O)NCc2nn[nH]n2)cc1)N1C(=O)C(c2ccc(Cl)cc2)=NC12CCC(C(C)(C)C)CC2. The van der Waals surface area contributed by atoms with Crippen molar-refractivity contribution in [3.05, 3.63) is 76.1 Å². The number of aliphatic imine (C=N–C) groups is 1. The number of tetrazole rings is 1. The Labute approximate surface area is 252 Å². The molecular weight excluding hydrogens is 550 g/mol. The summed E-state index contributed by atoms with van der Waals surface area (Å²) in [5, 5.41) is 17.1. The lowest BCUT2D eigenvalue weighted by molar-refractivity contribution is -0.133. The zero-order valence-electron chi connectivity index (χ0n) is 24.9. The standard InChI is InChI=1S/C32H40ClN7O2/c1-5-6-7-26(21-8-10-23(11-9-21)29(41)34-20-27-36-38-39-37-27)40-30(42)28(22-12-14-25(33)15-13-22)35-32(40)18-16-24(17-19-32)31(2,3)4/h8-15,24,26H,5-7,16-20H2,1-4H3,(H,34,41)(H,36,37,38,39)/t24?,26-,32?/m1/s1. The van der Waals surface area contributed by atoms with Crippen LogP contribution in [0.3, 0.4) is 0 Å². The van der Waals surface area contributed by atoms with Crippen molar-refractivity contribution in [2.45, 2.75) is 90.9 Å². The highest BCUT2D eigenvalue weighted by molar-refractivity contribution is 6.47. The number of halogens is 1. The van der Waals surface area contributed by atoms with E-state index in [4.69, 9.17) is 16.6 Å². The molecule has 0 saturated heterocycles. The minimum Gasteiger partial charge on any atom is -0.345 e. The molecule has 3 aromatic rings. The number of aromatic amines is 1. The molecule has 2 amide bonds. The lowest BCUT2D eigenvalue weighted by Gasteiger charge is -2.47. The highest BCUT2D eigenvalue weighted by Crippen LogP contribution is 2.50. The third-order valence-electron chi connectivity index (χ3n) is 8.82. The Morgan fingerprint density at radius 2 is 1.81 bits per heavy atom. The van der Waals surface area contributed by atoms with Gasteiger partial charge < -0.3 is 10.2 Å². The summed E-state index contributed by atoms with van der Waals surface area (Å²) < 4.78 is 0. The number of rotatable bonds is 9. The van der Waals surface area contributed by atoms with Crippen molar-refractivity contribution in [1.29, 1.82) is 0 Å². The quantitative estimate of drug-likeness (QED) is 0.305. The van der Waals surface area contributed by atoms with E-state index in [0.29, 0.717) is 28.0 Å². The van der Waals surface area contributed by atoms with E-state index in [1.54, 1.807) is 0 Å². The predicted octanol–water partition coefficient (Wildman–Crippen LogP) is 6.28. The lowest BCUT2D eigenvalue weighted by Crippen LogP contribution is -2.51. The molecule has 2 aliphatic rings. The third kappa shape index (κ3) is 6.26. The molecule has 222 valence electrons. The van der Waals surface area contributed by atoms with Gasteiger partial charge in [0.25, 0.3) is 11.8 Å². The molecule has 2 heterocycles. The van der Waals surface area contributed by atoms with Gasteiger partial charge in [0.15, 0.2) is 5.82 Å². The topological polar surface area (TPSA) is 116 Å². The fraction of sp³-hybridized carbons (Fsp3) is 0.500. The van der Waals surface area contributed by atoms with E-state index in [2.05, 4.69) is 58.5 Å². The van der Waals surface area contributed by atoms with Crippen LogP contribution in [-0.2, 0) is 11.3 Å². The summed E-state index contributed by atoms with van der Waals surface area (Å²) in [6.45, 7) is 9.26. The van der Waals surface area contributed by atoms with Crippen LogP contribution in [0.4, 0.5) is 0 Å². The normalized spacial score (nSPS) is 21.5. The molecule has 1 saturated carbocycles. The van der Waals surface area contributed by atoms with Crippen molar-refractivity contribution in [3.63, 3.8) is 0 Å². The second kappa shape index (κ2) is 12.3. The van der Waals surface area contributed by atoms with Crippen molar-refractivity contribution in [2.24, 2.45) is 16.3 Å². The maximum Gasteiger partial charge on any atom is 0.275 e. The molecule has 1 aliphatic heterocycles. The minimum atomic E-state index is -0.590. The molecule has 9 nitrogen and oxygen atoms in total. The van der Waals surface area contributed by atoms with Crippen molar-refractivity contribution >= 4 is 29.1 Å². The van der Waals surface area contributed by atoms with Crippen LogP contribution in [0, 0.1) is 11.3 Å². The molecule has 0 unspecified atom stereocenters. The number of nitrogens with one attached hydrogen (secondary N) is 2. The molecule has 0 bridgehead atoms. The number of aromatic nitrogens is 4. The number of amides is 2. The second-order valence-electron chi connectivity index (χ2n) is 12.6.